The highest BCUT2D eigenvalue weighted by Gasteiger charge is 2.38. The number of hydrogen-bond donors (Lipinski definition) is 2. The molecule has 1 aliphatic heterocycles. The molecule has 8 nitrogen and oxygen atoms in total. The summed E-state index contributed by atoms with van der Waals surface area (Å²) in [4.78, 5) is 40.3. The largest absolute Gasteiger partial charge is 0.465 e. The number of hydrogen-bond acceptors (Lipinski definition) is 7. The van der Waals surface area contributed by atoms with Crippen molar-refractivity contribution in [1.82, 2.24) is 4.90 Å². The highest BCUT2D eigenvalue weighted by Crippen LogP contribution is 2.26. The Hall–Kier alpha value is -2.19. The van der Waals surface area contributed by atoms with Crippen molar-refractivity contribution in [2.75, 3.05) is 32.8 Å². The Balaban J connectivity index is 2.31. The second-order valence-electron chi connectivity index (χ2n) is 16.7. The van der Waals surface area contributed by atoms with Gasteiger partial charge in [0.2, 0.25) is 5.91 Å². The van der Waals surface area contributed by atoms with Crippen molar-refractivity contribution in [3.05, 3.63) is 24.3 Å². The molecule has 3 atom stereocenters. The molecular weight excluding hydrogens is 699 g/mol. The second-order valence-corrected chi connectivity index (χ2v) is 16.7. The Bertz CT molecular complexity index is 937. The maximum absolute atomic E-state index is 13.2. The van der Waals surface area contributed by atoms with Gasteiger partial charge in [-0.15, -0.1) is 0 Å². The summed E-state index contributed by atoms with van der Waals surface area (Å²) in [5, 5.41) is 0. The lowest BCUT2D eigenvalue weighted by atomic mass is 9.98. The van der Waals surface area contributed by atoms with Crippen molar-refractivity contribution < 1.29 is 23.9 Å². The Morgan fingerprint density at radius 2 is 0.893 bits per heavy atom. The SMILES string of the molecule is CCCCCCCC/C=C\CCCCCCCC(=O)OC[C@@H]1CN(C(=O)[C@@H](N)CCCCN)C[C@H]1COC(=O)CCCCCCC/C=C\CCCCCCCC. The molecular formula is C48H89N3O5. The van der Waals surface area contributed by atoms with Gasteiger partial charge in [0.1, 0.15) is 0 Å². The molecule has 4 N–H and O–H groups in total. The van der Waals surface area contributed by atoms with Crippen LogP contribution in [0.4, 0.5) is 0 Å². The monoisotopic (exact) mass is 788 g/mol. The number of allylic oxidation sites excluding steroid dienone is 4. The lowest BCUT2D eigenvalue weighted by Crippen LogP contribution is -2.43. The molecule has 0 aromatic heterocycles. The number of carbonyl (C=O) groups excluding carboxylic acids is 3. The van der Waals surface area contributed by atoms with Crippen LogP contribution in [0, 0.1) is 11.8 Å². The summed E-state index contributed by atoms with van der Waals surface area (Å²) >= 11 is 0. The lowest BCUT2D eigenvalue weighted by Gasteiger charge is -2.21. The number of amides is 1. The summed E-state index contributed by atoms with van der Waals surface area (Å²) in [6.07, 6.45) is 44.1. The smallest absolute Gasteiger partial charge is 0.305 e. The number of ether oxygens (including phenoxy) is 2. The predicted octanol–water partition coefficient (Wildman–Crippen LogP) is 11.7. The fraction of sp³-hybridized carbons (Fsp3) is 0.854. The zero-order valence-electron chi connectivity index (χ0n) is 36.6. The van der Waals surface area contributed by atoms with Gasteiger partial charge in [-0.2, -0.15) is 0 Å². The van der Waals surface area contributed by atoms with Crippen molar-refractivity contribution in [3.63, 3.8) is 0 Å². The van der Waals surface area contributed by atoms with Crippen LogP contribution in [0.1, 0.15) is 213 Å². The van der Waals surface area contributed by atoms with E-state index in [1.165, 1.54) is 116 Å². The average molecular weight is 788 g/mol. The standard InChI is InChI=1S/C48H89N3O5/c1-3-5-7-9-11-13-15-17-19-21-23-25-27-29-31-36-46(52)55-41-43-39-51(48(54)45(50)35-33-34-38-49)40-44(43)42-56-47(53)37-32-30-28-26-24-22-20-18-16-14-12-10-8-6-4-2/h17-20,43-45H,3-16,21-42,49-50H2,1-2H3/b19-17-,20-18-/t43-,44-,45-/m0/s1. The summed E-state index contributed by atoms with van der Waals surface area (Å²) in [6.45, 7) is 6.48. The Labute approximate surface area is 345 Å². The normalized spacial score (nSPS) is 16.3. The number of esters is 2. The topological polar surface area (TPSA) is 125 Å². The first kappa shape index (κ1) is 51.8. The molecule has 0 unspecified atom stereocenters. The highest BCUT2D eigenvalue weighted by atomic mass is 16.5. The van der Waals surface area contributed by atoms with Crippen LogP contribution in [0.15, 0.2) is 24.3 Å². The molecule has 0 spiro atoms. The molecule has 0 bridgehead atoms. The quantitative estimate of drug-likeness (QED) is 0.0361. The van der Waals surface area contributed by atoms with Crippen molar-refractivity contribution >= 4 is 17.8 Å². The zero-order chi connectivity index (χ0) is 40.7. The van der Waals surface area contributed by atoms with Gasteiger partial charge < -0.3 is 25.8 Å². The number of unbranched alkanes of at least 4 members (excludes halogenated alkanes) is 23. The highest BCUT2D eigenvalue weighted by molar-refractivity contribution is 5.82. The van der Waals surface area contributed by atoms with Crippen molar-refractivity contribution in [2.24, 2.45) is 23.3 Å². The van der Waals surface area contributed by atoms with E-state index < -0.39 is 6.04 Å². The van der Waals surface area contributed by atoms with E-state index in [1.54, 1.807) is 4.90 Å². The molecule has 1 saturated heterocycles. The van der Waals surface area contributed by atoms with Crippen LogP contribution in [-0.2, 0) is 23.9 Å². The molecule has 1 fully saturated rings. The minimum Gasteiger partial charge on any atom is -0.465 e. The molecule has 8 heteroatoms. The van der Waals surface area contributed by atoms with Gasteiger partial charge in [-0.3, -0.25) is 14.4 Å². The van der Waals surface area contributed by atoms with Crippen LogP contribution in [0.5, 0.6) is 0 Å². The third kappa shape index (κ3) is 30.0. The number of likely N-dealkylation sites (tertiary alicyclic amines) is 1. The van der Waals surface area contributed by atoms with Crippen molar-refractivity contribution in [2.45, 2.75) is 219 Å². The molecule has 0 radical (unpaired) electrons. The molecule has 0 aliphatic carbocycles. The number of carbonyl (C=O) groups is 3. The van der Waals surface area contributed by atoms with E-state index in [9.17, 15) is 14.4 Å². The molecule has 1 rings (SSSR count). The number of nitrogens with zero attached hydrogens (tertiary/aromatic N) is 1. The van der Waals surface area contributed by atoms with Gasteiger partial charge in [0.15, 0.2) is 0 Å². The van der Waals surface area contributed by atoms with Crippen LogP contribution in [0.3, 0.4) is 0 Å². The van der Waals surface area contributed by atoms with Crippen LogP contribution in [0.2, 0.25) is 0 Å². The molecule has 326 valence electrons. The summed E-state index contributed by atoms with van der Waals surface area (Å²) in [5.74, 6) is -0.632. The summed E-state index contributed by atoms with van der Waals surface area (Å²) in [6, 6.07) is -0.576. The minimum atomic E-state index is -0.576. The number of nitrogens with two attached hydrogens (primary N) is 2. The first-order valence-corrected chi connectivity index (χ1v) is 23.8. The second kappa shape index (κ2) is 38.3. The van der Waals surface area contributed by atoms with E-state index in [1.807, 2.05) is 0 Å². The number of rotatable bonds is 39. The maximum Gasteiger partial charge on any atom is 0.305 e. The van der Waals surface area contributed by atoms with Crippen LogP contribution >= 0.6 is 0 Å². The Morgan fingerprint density at radius 1 is 0.536 bits per heavy atom. The summed E-state index contributed by atoms with van der Waals surface area (Å²) < 4.78 is 11.5. The third-order valence-electron chi connectivity index (χ3n) is 11.4. The van der Waals surface area contributed by atoms with Gasteiger partial charge in [0.25, 0.3) is 0 Å². The van der Waals surface area contributed by atoms with Crippen molar-refractivity contribution in [3.8, 4) is 0 Å². The first-order valence-electron chi connectivity index (χ1n) is 23.8. The molecule has 0 saturated carbocycles. The van der Waals surface area contributed by atoms with Gasteiger partial charge in [-0.05, 0) is 83.6 Å². The molecule has 0 aromatic carbocycles. The summed E-state index contributed by atoms with van der Waals surface area (Å²) in [7, 11) is 0. The fourth-order valence-corrected chi connectivity index (χ4v) is 7.59. The van der Waals surface area contributed by atoms with E-state index in [0.717, 1.165) is 64.2 Å². The van der Waals surface area contributed by atoms with E-state index in [4.69, 9.17) is 20.9 Å². The lowest BCUT2D eigenvalue weighted by molar-refractivity contribution is -0.149. The average Bonchev–Trinajstić information content (AvgIpc) is 3.61. The molecule has 1 amide bonds. The van der Waals surface area contributed by atoms with E-state index in [-0.39, 0.29) is 42.9 Å². The molecule has 56 heavy (non-hydrogen) atoms. The van der Waals surface area contributed by atoms with Crippen molar-refractivity contribution in [1.29, 1.82) is 0 Å². The molecule has 0 aromatic rings. The first-order chi connectivity index (χ1) is 27.4. The van der Waals surface area contributed by atoms with Gasteiger partial charge in [0.05, 0.1) is 19.3 Å². The van der Waals surface area contributed by atoms with Gasteiger partial charge >= 0.3 is 11.9 Å². The van der Waals surface area contributed by atoms with E-state index >= 15 is 0 Å². The van der Waals surface area contributed by atoms with Gasteiger partial charge in [-0.25, -0.2) is 0 Å². The van der Waals surface area contributed by atoms with E-state index in [0.29, 0.717) is 38.9 Å². The van der Waals surface area contributed by atoms with Crippen LogP contribution in [0.25, 0.3) is 0 Å². The van der Waals surface area contributed by atoms with Gasteiger partial charge in [-0.1, -0.05) is 147 Å². The minimum absolute atomic E-state index is 0.0825. The zero-order valence-corrected chi connectivity index (χ0v) is 36.6. The van der Waals surface area contributed by atoms with Crippen LogP contribution < -0.4 is 11.5 Å². The Kier molecular flexibility index (Phi) is 35.5. The third-order valence-corrected chi connectivity index (χ3v) is 11.4. The Morgan fingerprint density at radius 3 is 1.27 bits per heavy atom. The van der Waals surface area contributed by atoms with E-state index in [2.05, 4.69) is 38.2 Å². The summed E-state index contributed by atoms with van der Waals surface area (Å²) in [5.41, 5.74) is 11.9. The molecule has 1 heterocycles. The maximum atomic E-state index is 13.2. The predicted molar refractivity (Wildman–Crippen MR) is 235 cm³/mol. The molecule has 1 aliphatic rings. The van der Waals surface area contributed by atoms with Gasteiger partial charge in [0, 0.05) is 37.8 Å². The van der Waals surface area contributed by atoms with Crippen LogP contribution in [-0.4, -0.2) is 61.6 Å². The fourth-order valence-electron chi connectivity index (χ4n) is 7.59.